The number of carbonyl (C=O) groups excluding carboxylic acids is 1. The molecule has 2 N–H and O–H groups in total. The van der Waals surface area contributed by atoms with Crippen molar-refractivity contribution in [2.75, 3.05) is 33.2 Å². The van der Waals surface area contributed by atoms with E-state index in [1.54, 1.807) is 0 Å². The molecule has 0 saturated carbocycles. The van der Waals surface area contributed by atoms with Crippen LogP contribution in [0.4, 0.5) is 0 Å². The van der Waals surface area contributed by atoms with Gasteiger partial charge in [-0.15, -0.1) is 0 Å². The Balaban J connectivity index is 2.93. The number of rotatable bonds is 5. The summed E-state index contributed by atoms with van der Waals surface area (Å²) in [5.74, 6) is 0.280. The number of nitrogens with two attached hydrogens (primary N) is 1. The lowest BCUT2D eigenvalue weighted by atomic mass is 9.80. The number of hydrogen-bond donors (Lipinski definition) is 1. The second-order valence-corrected chi connectivity index (χ2v) is 5.87. The fourth-order valence-electron chi connectivity index (χ4n) is 3.09. The molecule has 0 aromatic heterocycles. The maximum atomic E-state index is 13.0. The number of amides is 1. The van der Waals surface area contributed by atoms with E-state index >= 15 is 0 Å². The Kier molecular flexibility index (Phi) is 6.27. The molecule has 1 fully saturated rings. The molecule has 0 aromatic rings. The first-order chi connectivity index (χ1) is 9.04. The number of carbonyl (C=O) groups is 1. The third-order valence-electron chi connectivity index (χ3n) is 4.83. The Morgan fingerprint density at radius 3 is 2.37 bits per heavy atom. The van der Waals surface area contributed by atoms with Crippen LogP contribution in [0.25, 0.3) is 0 Å². The van der Waals surface area contributed by atoms with Crippen molar-refractivity contribution in [3.63, 3.8) is 0 Å². The van der Waals surface area contributed by atoms with Crippen molar-refractivity contribution >= 4 is 5.91 Å². The molecule has 19 heavy (non-hydrogen) atoms. The van der Waals surface area contributed by atoms with E-state index in [4.69, 9.17) is 5.73 Å². The number of nitrogens with zero attached hydrogens (tertiary/aromatic N) is 2. The molecule has 0 aliphatic carbocycles. The normalized spacial score (nSPS) is 22.4. The van der Waals surface area contributed by atoms with Crippen LogP contribution in [0, 0.1) is 5.41 Å². The summed E-state index contributed by atoms with van der Waals surface area (Å²) in [6.07, 6.45) is 3.75. The minimum Gasteiger partial charge on any atom is -0.338 e. The molecular formula is C15H31N3O. The molecule has 1 unspecified atom stereocenters. The van der Waals surface area contributed by atoms with Crippen LogP contribution in [0.15, 0.2) is 0 Å². The standard InChI is InChI=1S/C15H31N3O/c1-5-13-11-17(4)9-8-10-18(13)14(19)15(6-2,7-3)12-16/h13H,5-12,16H2,1-4H3. The first kappa shape index (κ1) is 16.4. The molecule has 0 radical (unpaired) electrons. The highest BCUT2D eigenvalue weighted by Gasteiger charge is 2.39. The van der Waals surface area contributed by atoms with Gasteiger partial charge in [-0.2, -0.15) is 0 Å². The minimum atomic E-state index is -0.351. The molecule has 0 bridgehead atoms. The number of likely N-dealkylation sites (N-methyl/N-ethyl adjacent to an activating group) is 1. The van der Waals surface area contributed by atoms with Gasteiger partial charge >= 0.3 is 0 Å². The monoisotopic (exact) mass is 269 g/mol. The molecule has 1 aliphatic rings. The lowest BCUT2D eigenvalue weighted by molar-refractivity contribution is -0.144. The van der Waals surface area contributed by atoms with E-state index in [9.17, 15) is 4.79 Å². The lowest BCUT2D eigenvalue weighted by Crippen LogP contribution is -2.52. The number of hydrogen-bond acceptors (Lipinski definition) is 3. The van der Waals surface area contributed by atoms with E-state index in [1.165, 1.54) is 0 Å². The molecule has 1 heterocycles. The molecule has 1 amide bonds. The van der Waals surface area contributed by atoms with E-state index in [-0.39, 0.29) is 11.3 Å². The largest absolute Gasteiger partial charge is 0.338 e. The summed E-state index contributed by atoms with van der Waals surface area (Å²) < 4.78 is 0. The van der Waals surface area contributed by atoms with Gasteiger partial charge in [0.05, 0.1) is 5.41 Å². The Labute approximate surface area is 118 Å². The smallest absolute Gasteiger partial charge is 0.230 e. The van der Waals surface area contributed by atoms with Gasteiger partial charge in [-0.1, -0.05) is 20.8 Å². The van der Waals surface area contributed by atoms with Crippen molar-refractivity contribution < 1.29 is 4.79 Å². The predicted molar refractivity (Wildman–Crippen MR) is 80.0 cm³/mol. The zero-order valence-electron chi connectivity index (χ0n) is 13.1. The minimum absolute atomic E-state index is 0.280. The maximum Gasteiger partial charge on any atom is 0.230 e. The fraction of sp³-hybridized carbons (Fsp3) is 0.933. The Morgan fingerprint density at radius 1 is 1.26 bits per heavy atom. The molecule has 1 saturated heterocycles. The molecule has 112 valence electrons. The summed E-state index contributed by atoms with van der Waals surface area (Å²) in [5.41, 5.74) is 5.58. The Hall–Kier alpha value is -0.610. The highest BCUT2D eigenvalue weighted by molar-refractivity contribution is 5.83. The van der Waals surface area contributed by atoms with Gasteiger partial charge in [-0.25, -0.2) is 0 Å². The Morgan fingerprint density at radius 2 is 1.89 bits per heavy atom. The predicted octanol–water partition coefficient (Wildman–Crippen LogP) is 1.69. The van der Waals surface area contributed by atoms with E-state index < -0.39 is 0 Å². The molecule has 1 aliphatic heterocycles. The van der Waals surface area contributed by atoms with E-state index in [1.807, 2.05) is 0 Å². The van der Waals surface area contributed by atoms with Crippen molar-refractivity contribution in [1.82, 2.24) is 9.80 Å². The molecule has 0 spiro atoms. The summed E-state index contributed by atoms with van der Waals surface area (Å²) in [4.78, 5) is 17.4. The quantitative estimate of drug-likeness (QED) is 0.826. The van der Waals surface area contributed by atoms with E-state index in [0.29, 0.717) is 12.6 Å². The SMILES string of the molecule is CCC1CN(C)CCCN1C(=O)C(CC)(CC)CN. The molecule has 1 rings (SSSR count). The molecule has 1 atom stereocenters. The van der Waals surface area contributed by atoms with Gasteiger partial charge in [-0.05, 0) is 39.3 Å². The average molecular weight is 269 g/mol. The van der Waals surface area contributed by atoms with Crippen LogP contribution < -0.4 is 5.73 Å². The van der Waals surface area contributed by atoms with Crippen molar-refractivity contribution in [1.29, 1.82) is 0 Å². The molecular weight excluding hydrogens is 238 g/mol. The van der Waals surface area contributed by atoms with Crippen LogP contribution in [0.1, 0.15) is 46.5 Å². The topological polar surface area (TPSA) is 49.6 Å². The summed E-state index contributed by atoms with van der Waals surface area (Å²) in [6, 6.07) is 0.337. The Bertz CT molecular complexity index is 281. The van der Waals surface area contributed by atoms with Gasteiger partial charge < -0.3 is 15.5 Å². The van der Waals surface area contributed by atoms with Crippen LogP contribution in [0.2, 0.25) is 0 Å². The third kappa shape index (κ3) is 3.48. The van der Waals surface area contributed by atoms with Crippen LogP contribution in [-0.4, -0.2) is 55.0 Å². The van der Waals surface area contributed by atoms with Crippen LogP contribution in [0.3, 0.4) is 0 Å². The second-order valence-electron chi connectivity index (χ2n) is 5.87. The average Bonchev–Trinajstić information content (AvgIpc) is 2.62. The maximum absolute atomic E-state index is 13.0. The second kappa shape index (κ2) is 7.25. The molecule has 4 heteroatoms. The van der Waals surface area contributed by atoms with Crippen molar-refractivity contribution in [2.24, 2.45) is 11.1 Å². The zero-order valence-corrected chi connectivity index (χ0v) is 13.1. The van der Waals surface area contributed by atoms with E-state index in [0.717, 1.165) is 45.3 Å². The van der Waals surface area contributed by atoms with Crippen molar-refractivity contribution in [3.8, 4) is 0 Å². The van der Waals surface area contributed by atoms with Gasteiger partial charge in [0.25, 0.3) is 0 Å². The summed E-state index contributed by atoms with van der Waals surface area (Å²) in [5, 5.41) is 0. The molecule has 4 nitrogen and oxygen atoms in total. The van der Waals surface area contributed by atoms with Gasteiger partial charge in [0, 0.05) is 25.7 Å². The third-order valence-corrected chi connectivity index (χ3v) is 4.83. The van der Waals surface area contributed by atoms with Gasteiger partial charge in [0.1, 0.15) is 0 Å². The highest BCUT2D eigenvalue weighted by atomic mass is 16.2. The first-order valence-electron chi connectivity index (χ1n) is 7.74. The van der Waals surface area contributed by atoms with Gasteiger partial charge in [0.15, 0.2) is 0 Å². The zero-order chi connectivity index (χ0) is 14.5. The highest BCUT2D eigenvalue weighted by Crippen LogP contribution is 2.30. The van der Waals surface area contributed by atoms with Crippen molar-refractivity contribution in [2.45, 2.75) is 52.5 Å². The summed E-state index contributed by atoms with van der Waals surface area (Å²) in [6.45, 7) is 9.74. The van der Waals surface area contributed by atoms with Gasteiger partial charge in [-0.3, -0.25) is 4.79 Å². The fourth-order valence-corrected chi connectivity index (χ4v) is 3.09. The van der Waals surface area contributed by atoms with Crippen LogP contribution in [-0.2, 0) is 4.79 Å². The van der Waals surface area contributed by atoms with Gasteiger partial charge in [0.2, 0.25) is 5.91 Å². The van der Waals surface area contributed by atoms with E-state index in [2.05, 4.69) is 37.6 Å². The van der Waals surface area contributed by atoms with Crippen molar-refractivity contribution in [3.05, 3.63) is 0 Å². The lowest BCUT2D eigenvalue weighted by Gasteiger charge is -2.38. The molecule has 0 aromatic carbocycles. The van der Waals surface area contributed by atoms with Crippen LogP contribution >= 0.6 is 0 Å². The van der Waals surface area contributed by atoms with Crippen LogP contribution in [0.5, 0.6) is 0 Å². The summed E-state index contributed by atoms with van der Waals surface area (Å²) >= 11 is 0. The summed E-state index contributed by atoms with van der Waals surface area (Å²) in [7, 11) is 2.15. The first-order valence-corrected chi connectivity index (χ1v) is 7.74.